The monoisotopic (exact) mass is 492 g/mol. The summed E-state index contributed by atoms with van der Waals surface area (Å²) < 4.78 is 0.876. The molecule has 5 rings (SSSR count). The van der Waals surface area contributed by atoms with E-state index in [9.17, 15) is 9.59 Å². The third kappa shape index (κ3) is 4.85. The fraction of sp³-hybridized carbons (Fsp3) is 0.208. The summed E-state index contributed by atoms with van der Waals surface area (Å²) in [4.78, 5) is 40.9. The SMILES string of the molecule is O=C(Nc1nc2ccc(Cl)cc2s1)c1cccnc1NC(=O)C1CCN(c2ccncc2)CC1. The molecule has 0 atom stereocenters. The number of anilines is 3. The van der Waals surface area contributed by atoms with Crippen LogP contribution >= 0.6 is 22.9 Å². The maximum Gasteiger partial charge on any atom is 0.261 e. The number of fused-ring (bicyclic) bond motifs is 1. The number of halogens is 1. The number of benzene rings is 1. The smallest absolute Gasteiger partial charge is 0.261 e. The van der Waals surface area contributed by atoms with Gasteiger partial charge in [-0.1, -0.05) is 22.9 Å². The van der Waals surface area contributed by atoms with Crippen molar-refractivity contribution in [3.05, 3.63) is 71.6 Å². The number of hydrogen-bond donors (Lipinski definition) is 2. The van der Waals surface area contributed by atoms with Gasteiger partial charge >= 0.3 is 0 Å². The fourth-order valence-corrected chi connectivity index (χ4v) is 5.11. The molecule has 10 heteroatoms. The molecule has 1 saturated heterocycles. The Bertz CT molecular complexity index is 1340. The minimum Gasteiger partial charge on any atom is -0.371 e. The van der Waals surface area contributed by atoms with E-state index in [1.54, 1.807) is 48.9 Å². The second-order valence-electron chi connectivity index (χ2n) is 7.94. The normalized spacial score (nSPS) is 14.2. The van der Waals surface area contributed by atoms with Gasteiger partial charge in [0.25, 0.3) is 5.91 Å². The Morgan fingerprint density at radius 2 is 1.82 bits per heavy atom. The number of thiazole rings is 1. The lowest BCUT2D eigenvalue weighted by Gasteiger charge is -2.32. The van der Waals surface area contributed by atoms with Gasteiger partial charge in [-0.05, 0) is 55.3 Å². The van der Waals surface area contributed by atoms with Gasteiger partial charge in [-0.3, -0.25) is 19.9 Å². The number of nitrogens with zero attached hydrogens (tertiary/aromatic N) is 4. The molecular formula is C24H21ClN6O2S. The summed E-state index contributed by atoms with van der Waals surface area (Å²) in [7, 11) is 0. The highest BCUT2D eigenvalue weighted by Crippen LogP contribution is 2.29. The number of carbonyl (C=O) groups is 2. The first-order valence-electron chi connectivity index (χ1n) is 10.8. The Hall–Kier alpha value is -3.56. The summed E-state index contributed by atoms with van der Waals surface area (Å²) in [5.74, 6) is -0.423. The molecule has 2 N–H and O–H groups in total. The number of rotatable bonds is 5. The molecule has 0 unspecified atom stereocenters. The van der Waals surface area contributed by atoms with E-state index in [2.05, 4.69) is 30.5 Å². The Labute approximate surface area is 205 Å². The molecular weight excluding hydrogens is 472 g/mol. The van der Waals surface area contributed by atoms with E-state index >= 15 is 0 Å². The molecule has 0 radical (unpaired) electrons. The van der Waals surface area contributed by atoms with Crippen LogP contribution in [0.1, 0.15) is 23.2 Å². The largest absolute Gasteiger partial charge is 0.371 e. The van der Waals surface area contributed by atoms with Crippen LogP contribution in [0.15, 0.2) is 61.1 Å². The Balaban J connectivity index is 1.24. The zero-order valence-electron chi connectivity index (χ0n) is 18.1. The maximum absolute atomic E-state index is 13.0. The van der Waals surface area contributed by atoms with Crippen molar-refractivity contribution in [1.82, 2.24) is 15.0 Å². The van der Waals surface area contributed by atoms with E-state index in [-0.39, 0.29) is 29.1 Å². The van der Waals surface area contributed by atoms with Gasteiger partial charge in [0.2, 0.25) is 5.91 Å². The van der Waals surface area contributed by atoms with Crippen LogP contribution < -0.4 is 15.5 Å². The third-order valence-corrected chi connectivity index (χ3v) is 6.93. The van der Waals surface area contributed by atoms with Crippen molar-refractivity contribution < 1.29 is 9.59 Å². The van der Waals surface area contributed by atoms with Crippen LogP contribution in [-0.4, -0.2) is 39.9 Å². The van der Waals surface area contributed by atoms with Gasteiger partial charge in [0.1, 0.15) is 5.82 Å². The van der Waals surface area contributed by atoms with Crippen molar-refractivity contribution in [3.8, 4) is 0 Å². The van der Waals surface area contributed by atoms with Gasteiger partial charge < -0.3 is 10.2 Å². The van der Waals surface area contributed by atoms with E-state index in [4.69, 9.17) is 11.6 Å². The first-order valence-corrected chi connectivity index (χ1v) is 12.0. The molecule has 0 spiro atoms. The highest BCUT2D eigenvalue weighted by molar-refractivity contribution is 7.22. The quantitative estimate of drug-likeness (QED) is 0.413. The zero-order chi connectivity index (χ0) is 23.5. The predicted octanol–water partition coefficient (Wildman–Crippen LogP) is 4.85. The van der Waals surface area contributed by atoms with Crippen LogP contribution in [0.3, 0.4) is 0 Å². The molecule has 0 aliphatic carbocycles. The Kier molecular flexibility index (Phi) is 6.37. The second kappa shape index (κ2) is 9.74. The summed E-state index contributed by atoms with van der Waals surface area (Å²) in [5.41, 5.74) is 2.14. The van der Waals surface area contributed by atoms with Crippen LogP contribution in [0.4, 0.5) is 16.6 Å². The topological polar surface area (TPSA) is 100 Å². The average molecular weight is 493 g/mol. The molecule has 3 aromatic heterocycles. The minimum atomic E-state index is -0.388. The Morgan fingerprint density at radius 3 is 2.62 bits per heavy atom. The third-order valence-electron chi connectivity index (χ3n) is 5.76. The minimum absolute atomic E-state index is 0.128. The number of amides is 2. The zero-order valence-corrected chi connectivity index (χ0v) is 19.6. The van der Waals surface area contributed by atoms with Crippen molar-refractivity contribution in [1.29, 1.82) is 0 Å². The van der Waals surface area contributed by atoms with Gasteiger partial charge in [-0.2, -0.15) is 0 Å². The van der Waals surface area contributed by atoms with E-state index in [1.807, 2.05) is 12.1 Å². The number of nitrogens with one attached hydrogen (secondary N) is 2. The van der Waals surface area contributed by atoms with Gasteiger partial charge in [0, 0.05) is 48.3 Å². The molecule has 0 saturated carbocycles. The number of piperidine rings is 1. The summed E-state index contributed by atoms with van der Waals surface area (Å²) >= 11 is 7.37. The first kappa shape index (κ1) is 22.2. The van der Waals surface area contributed by atoms with Crippen molar-refractivity contribution in [2.75, 3.05) is 28.6 Å². The highest BCUT2D eigenvalue weighted by Gasteiger charge is 2.26. The van der Waals surface area contributed by atoms with Crippen LogP contribution in [0.2, 0.25) is 5.02 Å². The molecule has 1 fully saturated rings. The lowest BCUT2D eigenvalue weighted by molar-refractivity contribution is -0.120. The van der Waals surface area contributed by atoms with E-state index < -0.39 is 0 Å². The molecule has 2 amide bonds. The highest BCUT2D eigenvalue weighted by atomic mass is 35.5. The molecule has 4 aromatic rings. The van der Waals surface area contributed by atoms with Crippen LogP contribution in [-0.2, 0) is 4.79 Å². The number of carbonyl (C=O) groups excluding carboxylic acids is 2. The van der Waals surface area contributed by atoms with Gasteiger partial charge in [-0.25, -0.2) is 9.97 Å². The lowest BCUT2D eigenvalue weighted by Crippen LogP contribution is -2.38. The maximum atomic E-state index is 13.0. The van der Waals surface area contributed by atoms with Gasteiger partial charge in [-0.15, -0.1) is 0 Å². The molecule has 8 nitrogen and oxygen atoms in total. The average Bonchev–Trinajstić information content (AvgIpc) is 3.26. The number of hydrogen-bond acceptors (Lipinski definition) is 7. The first-order chi connectivity index (χ1) is 16.6. The van der Waals surface area contributed by atoms with Crippen molar-refractivity contribution in [2.45, 2.75) is 12.8 Å². The summed E-state index contributed by atoms with van der Waals surface area (Å²) in [5, 5.41) is 6.73. The van der Waals surface area contributed by atoms with Crippen molar-refractivity contribution in [2.24, 2.45) is 5.92 Å². The summed E-state index contributed by atoms with van der Waals surface area (Å²) in [6.45, 7) is 1.55. The molecule has 1 aliphatic rings. The molecule has 1 aliphatic heterocycles. The predicted molar refractivity (Wildman–Crippen MR) is 135 cm³/mol. The molecule has 4 heterocycles. The van der Waals surface area contributed by atoms with Crippen LogP contribution in [0, 0.1) is 5.92 Å². The van der Waals surface area contributed by atoms with Crippen LogP contribution in [0.5, 0.6) is 0 Å². The molecule has 1 aromatic carbocycles. The standard InChI is InChI=1S/C24H21ClN6O2S/c25-16-3-4-19-20(14-16)34-24(28-19)30-23(33)18-2-1-9-27-21(18)29-22(32)15-7-12-31(13-8-15)17-5-10-26-11-6-17/h1-6,9-11,14-15H,7-8,12-13H2,(H,27,29,32)(H,28,30,33). The van der Waals surface area contributed by atoms with Gasteiger partial charge in [0.15, 0.2) is 5.13 Å². The van der Waals surface area contributed by atoms with Crippen LogP contribution in [0.25, 0.3) is 10.2 Å². The number of pyridine rings is 2. The molecule has 34 heavy (non-hydrogen) atoms. The summed E-state index contributed by atoms with van der Waals surface area (Å²) in [6.07, 6.45) is 6.53. The number of aromatic nitrogens is 3. The lowest BCUT2D eigenvalue weighted by atomic mass is 9.95. The molecule has 0 bridgehead atoms. The second-order valence-corrected chi connectivity index (χ2v) is 9.41. The van der Waals surface area contributed by atoms with Crippen molar-refractivity contribution >= 4 is 61.6 Å². The Morgan fingerprint density at radius 1 is 1.03 bits per heavy atom. The van der Waals surface area contributed by atoms with E-state index in [1.165, 1.54) is 11.3 Å². The van der Waals surface area contributed by atoms with Crippen molar-refractivity contribution in [3.63, 3.8) is 0 Å². The van der Waals surface area contributed by atoms with E-state index in [0.717, 1.165) is 41.8 Å². The summed E-state index contributed by atoms with van der Waals surface area (Å²) in [6, 6.07) is 12.6. The molecule has 172 valence electrons. The van der Waals surface area contributed by atoms with E-state index in [0.29, 0.717) is 10.2 Å². The fourth-order valence-electron chi connectivity index (χ4n) is 3.98. The van der Waals surface area contributed by atoms with Gasteiger partial charge in [0.05, 0.1) is 15.8 Å².